The molecule has 2 aromatic heterocycles. The lowest BCUT2D eigenvalue weighted by Gasteiger charge is -2.16. The van der Waals surface area contributed by atoms with Gasteiger partial charge in [-0.3, -0.25) is 0 Å². The molecule has 3 heterocycles. The van der Waals surface area contributed by atoms with E-state index >= 15 is 0 Å². The predicted molar refractivity (Wildman–Crippen MR) is 124 cm³/mol. The number of hydrogen-bond donors (Lipinski definition) is 0. The summed E-state index contributed by atoms with van der Waals surface area (Å²) in [6.45, 7) is 5.13. The molecule has 0 N–H and O–H groups in total. The van der Waals surface area contributed by atoms with Crippen molar-refractivity contribution in [2.75, 3.05) is 25.4 Å². The first-order valence-electron chi connectivity index (χ1n) is 11.1. The fourth-order valence-corrected chi connectivity index (χ4v) is 6.61. The molecule has 5 nitrogen and oxygen atoms in total. The average molecular weight is 494 g/mol. The normalized spacial score (nSPS) is 23.0. The summed E-state index contributed by atoms with van der Waals surface area (Å²) in [7, 11) is 2.00. The standard InChI is InChI=1S/C23H26F3N5S2/c1-15-19(33-14-27-15)20-28-29-21(30(20)2)32-11-3-9-31-10-8-22(13-31)12-18(22)16-4-6-17(7-5-16)23(24,25)26/h4-7,14,18H,3,8-13H2,1-2H3/t18-,22?/m0/s1. The van der Waals surface area contributed by atoms with E-state index in [0.29, 0.717) is 5.92 Å². The fourth-order valence-electron chi connectivity index (χ4n) is 4.96. The second-order valence-electron chi connectivity index (χ2n) is 9.10. The van der Waals surface area contributed by atoms with E-state index in [-0.39, 0.29) is 5.41 Å². The third kappa shape index (κ3) is 4.57. The third-order valence-corrected chi connectivity index (χ3v) is 8.96. The van der Waals surface area contributed by atoms with Gasteiger partial charge in [-0.05, 0) is 68.3 Å². The van der Waals surface area contributed by atoms with Crippen molar-refractivity contribution in [3.05, 3.63) is 46.6 Å². The van der Waals surface area contributed by atoms with Crippen molar-refractivity contribution in [2.45, 2.75) is 43.4 Å². The van der Waals surface area contributed by atoms with Crippen molar-refractivity contribution in [1.82, 2.24) is 24.6 Å². The minimum Gasteiger partial charge on any atom is -0.304 e. The van der Waals surface area contributed by atoms with Gasteiger partial charge in [0.05, 0.1) is 21.6 Å². The summed E-state index contributed by atoms with van der Waals surface area (Å²) in [6, 6.07) is 5.79. The first-order valence-corrected chi connectivity index (χ1v) is 13.0. The molecule has 176 valence electrons. The number of thiazole rings is 1. The maximum Gasteiger partial charge on any atom is 0.416 e. The first-order chi connectivity index (χ1) is 15.8. The highest BCUT2D eigenvalue weighted by atomic mass is 32.2. The van der Waals surface area contributed by atoms with E-state index in [1.807, 2.05) is 24.0 Å². The van der Waals surface area contributed by atoms with Gasteiger partial charge in [0.15, 0.2) is 11.0 Å². The van der Waals surface area contributed by atoms with Gasteiger partial charge in [0.2, 0.25) is 0 Å². The number of benzene rings is 1. The second-order valence-corrected chi connectivity index (χ2v) is 11.0. The molecule has 5 rings (SSSR count). The highest BCUT2D eigenvalue weighted by molar-refractivity contribution is 7.99. The number of aromatic nitrogens is 4. The summed E-state index contributed by atoms with van der Waals surface area (Å²) < 4.78 is 40.5. The molecule has 33 heavy (non-hydrogen) atoms. The summed E-state index contributed by atoms with van der Waals surface area (Å²) in [5.41, 5.74) is 3.55. The highest BCUT2D eigenvalue weighted by Crippen LogP contribution is 2.64. The van der Waals surface area contributed by atoms with Crippen LogP contribution in [-0.4, -0.2) is 50.0 Å². The Balaban J connectivity index is 1.09. The molecule has 1 aromatic carbocycles. The molecular weight excluding hydrogens is 467 g/mol. The summed E-state index contributed by atoms with van der Waals surface area (Å²) in [5.74, 6) is 2.23. The quantitative estimate of drug-likeness (QED) is 0.315. The molecule has 1 saturated heterocycles. The highest BCUT2D eigenvalue weighted by Gasteiger charge is 2.57. The molecule has 1 spiro atoms. The monoisotopic (exact) mass is 493 g/mol. The average Bonchev–Trinajstić information content (AvgIpc) is 3.05. The van der Waals surface area contributed by atoms with Crippen molar-refractivity contribution >= 4 is 23.1 Å². The minimum atomic E-state index is -4.27. The zero-order valence-corrected chi connectivity index (χ0v) is 20.2. The Kier molecular flexibility index (Phi) is 6.03. The molecule has 0 radical (unpaired) electrons. The van der Waals surface area contributed by atoms with Crippen LogP contribution in [-0.2, 0) is 13.2 Å². The number of thioether (sulfide) groups is 1. The van der Waals surface area contributed by atoms with E-state index in [2.05, 4.69) is 20.1 Å². The van der Waals surface area contributed by atoms with Crippen LogP contribution in [0.3, 0.4) is 0 Å². The number of alkyl halides is 3. The topological polar surface area (TPSA) is 46.8 Å². The molecule has 2 atom stereocenters. The summed E-state index contributed by atoms with van der Waals surface area (Å²) in [6.07, 6.45) is -0.989. The molecule has 10 heteroatoms. The van der Waals surface area contributed by atoms with Crippen LogP contribution in [0.5, 0.6) is 0 Å². The lowest BCUT2D eigenvalue weighted by molar-refractivity contribution is -0.137. The third-order valence-electron chi connectivity index (χ3n) is 6.93. The van der Waals surface area contributed by atoms with Crippen LogP contribution < -0.4 is 0 Å². The number of likely N-dealkylation sites (tertiary alicyclic amines) is 1. The van der Waals surface area contributed by atoms with E-state index in [0.717, 1.165) is 71.8 Å². The second kappa shape index (κ2) is 8.70. The molecule has 3 aromatic rings. The molecule has 2 aliphatic rings. The Labute approximate surface area is 199 Å². The molecule has 1 aliphatic heterocycles. The van der Waals surface area contributed by atoms with Crippen molar-refractivity contribution in [1.29, 1.82) is 0 Å². The lowest BCUT2D eigenvalue weighted by Crippen LogP contribution is -2.23. The lowest BCUT2D eigenvalue weighted by atomic mass is 9.97. The van der Waals surface area contributed by atoms with Crippen LogP contribution in [0.25, 0.3) is 10.7 Å². The smallest absolute Gasteiger partial charge is 0.304 e. The molecule has 1 aliphatic carbocycles. The van der Waals surface area contributed by atoms with E-state index < -0.39 is 11.7 Å². The van der Waals surface area contributed by atoms with Crippen LogP contribution in [0, 0.1) is 12.3 Å². The molecule has 1 unspecified atom stereocenters. The Morgan fingerprint density at radius 2 is 2.00 bits per heavy atom. The van der Waals surface area contributed by atoms with Gasteiger partial charge in [-0.25, -0.2) is 4.98 Å². The predicted octanol–water partition coefficient (Wildman–Crippen LogP) is 5.63. The Hall–Kier alpha value is -1.91. The fraction of sp³-hybridized carbons (Fsp3) is 0.522. The largest absolute Gasteiger partial charge is 0.416 e. The Morgan fingerprint density at radius 3 is 2.70 bits per heavy atom. The SMILES string of the molecule is Cc1ncsc1-c1nnc(SCCCN2CCC3(C[C@H]3c3ccc(C(F)(F)F)cc3)C2)n1C. The van der Waals surface area contributed by atoms with Gasteiger partial charge in [0, 0.05) is 19.3 Å². The number of halogens is 3. The molecule has 0 amide bonds. The van der Waals surface area contributed by atoms with Crippen LogP contribution >= 0.6 is 23.1 Å². The Morgan fingerprint density at radius 1 is 1.21 bits per heavy atom. The van der Waals surface area contributed by atoms with Gasteiger partial charge in [-0.1, -0.05) is 23.9 Å². The summed E-state index contributed by atoms with van der Waals surface area (Å²) in [5, 5.41) is 9.62. The molecular formula is C23H26F3N5S2. The number of nitrogens with zero attached hydrogens (tertiary/aromatic N) is 5. The van der Waals surface area contributed by atoms with Gasteiger partial charge in [-0.2, -0.15) is 13.2 Å². The zero-order chi connectivity index (χ0) is 23.2. The zero-order valence-electron chi connectivity index (χ0n) is 18.6. The summed E-state index contributed by atoms with van der Waals surface area (Å²) >= 11 is 3.31. The van der Waals surface area contributed by atoms with Crippen molar-refractivity contribution < 1.29 is 13.2 Å². The van der Waals surface area contributed by atoms with Gasteiger partial charge >= 0.3 is 6.18 Å². The van der Waals surface area contributed by atoms with Crippen LogP contribution in [0.2, 0.25) is 0 Å². The van der Waals surface area contributed by atoms with E-state index in [1.54, 1.807) is 35.2 Å². The number of rotatable bonds is 7. The van der Waals surface area contributed by atoms with Crippen molar-refractivity contribution in [3.8, 4) is 10.7 Å². The Bertz CT molecular complexity index is 1120. The van der Waals surface area contributed by atoms with Gasteiger partial charge < -0.3 is 9.47 Å². The van der Waals surface area contributed by atoms with E-state index in [1.165, 1.54) is 12.1 Å². The minimum absolute atomic E-state index is 0.262. The molecule has 1 saturated carbocycles. The molecule has 2 fully saturated rings. The van der Waals surface area contributed by atoms with Crippen molar-refractivity contribution in [2.24, 2.45) is 12.5 Å². The number of aryl methyl sites for hydroxylation is 1. The van der Waals surface area contributed by atoms with Gasteiger partial charge in [0.1, 0.15) is 0 Å². The van der Waals surface area contributed by atoms with Crippen LogP contribution in [0.15, 0.2) is 34.9 Å². The van der Waals surface area contributed by atoms with Gasteiger partial charge in [0.25, 0.3) is 0 Å². The first kappa shape index (κ1) is 22.9. The van der Waals surface area contributed by atoms with Gasteiger partial charge in [-0.15, -0.1) is 21.5 Å². The molecule has 0 bridgehead atoms. The van der Waals surface area contributed by atoms with Crippen LogP contribution in [0.4, 0.5) is 13.2 Å². The van der Waals surface area contributed by atoms with E-state index in [9.17, 15) is 13.2 Å². The van der Waals surface area contributed by atoms with Crippen molar-refractivity contribution in [3.63, 3.8) is 0 Å². The summed E-state index contributed by atoms with van der Waals surface area (Å²) in [4.78, 5) is 7.87. The number of hydrogen-bond acceptors (Lipinski definition) is 6. The van der Waals surface area contributed by atoms with E-state index in [4.69, 9.17) is 0 Å². The maximum absolute atomic E-state index is 12.8. The van der Waals surface area contributed by atoms with Crippen LogP contribution in [0.1, 0.15) is 42.0 Å². The maximum atomic E-state index is 12.8.